The van der Waals surface area contributed by atoms with Crippen molar-refractivity contribution in [3.05, 3.63) is 77.8 Å². The summed E-state index contributed by atoms with van der Waals surface area (Å²) >= 11 is 0. The van der Waals surface area contributed by atoms with Gasteiger partial charge in [0.15, 0.2) is 0 Å². The van der Waals surface area contributed by atoms with Crippen LogP contribution in [-0.2, 0) is 11.3 Å². The molecule has 2 aromatic carbocycles. The van der Waals surface area contributed by atoms with Crippen molar-refractivity contribution in [2.75, 3.05) is 45.9 Å². The van der Waals surface area contributed by atoms with Gasteiger partial charge in [-0.2, -0.15) is 0 Å². The predicted molar refractivity (Wildman–Crippen MR) is 149 cm³/mol. The molecule has 3 saturated heterocycles. The molecule has 1 N–H and O–H groups in total. The molecule has 0 radical (unpaired) electrons. The molecule has 0 spiro atoms. The second-order valence-corrected chi connectivity index (χ2v) is 11.3. The number of nitrogens with one attached hydrogen (secondary N) is 1. The van der Waals surface area contributed by atoms with Crippen LogP contribution in [0, 0.1) is 23.5 Å². The van der Waals surface area contributed by atoms with Crippen LogP contribution in [0.15, 0.2) is 54.7 Å². The highest BCUT2D eigenvalue weighted by Crippen LogP contribution is 2.39. The maximum absolute atomic E-state index is 15.0. The van der Waals surface area contributed by atoms with Crippen LogP contribution >= 0.6 is 0 Å². The fourth-order valence-electron chi connectivity index (χ4n) is 6.17. The van der Waals surface area contributed by atoms with Gasteiger partial charge in [-0.3, -0.25) is 0 Å². The van der Waals surface area contributed by atoms with Crippen molar-refractivity contribution in [1.82, 2.24) is 24.7 Å². The molecule has 3 aliphatic rings. The molecule has 4 heterocycles. The van der Waals surface area contributed by atoms with Crippen molar-refractivity contribution in [1.29, 1.82) is 0 Å². The first-order valence-corrected chi connectivity index (χ1v) is 14.5. The Bertz CT molecular complexity index is 1340. The highest BCUT2D eigenvalue weighted by Gasteiger charge is 2.42. The Hall–Kier alpha value is -3.37. The molecule has 6 rings (SSSR count). The standard InChI is InChI=1S/C31H36F3N5O2/c32-24-7-8-26(33)25(15-24)28-20-38(18-21-5-2-1-3-6-21)30(36-28)29(22-9-13-41-14-10-22)39(31(40)37-11-4-12-37)19-23-16-35-17-27(23)34/h1-3,5-8,15,20,22-23,27,29,35H,4,9-14,16-19H2/t23?,27?,29-/m1/s1. The molecular weight excluding hydrogens is 531 g/mol. The minimum absolute atomic E-state index is 0.00327. The monoisotopic (exact) mass is 567 g/mol. The Balaban J connectivity index is 1.48. The highest BCUT2D eigenvalue weighted by molar-refractivity contribution is 5.76. The van der Waals surface area contributed by atoms with E-state index in [-0.39, 0.29) is 36.5 Å². The zero-order chi connectivity index (χ0) is 28.3. The number of carbonyl (C=O) groups excluding carboxylic acids is 1. The lowest BCUT2D eigenvalue weighted by molar-refractivity contribution is 0.0170. The Morgan fingerprint density at radius 2 is 1.88 bits per heavy atom. The van der Waals surface area contributed by atoms with E-state index in [9.17, 15) is 18.0 Å². The number of alkyl halides is 1. The summed E-state index contributed by atoms with van der Waals surface area (Å²) in [5.74, 6) is -0.881. The summed E-state index contributed by atoms with van der Waals surface area (Å²) in [5.41, 5.74) is 1.37. The Labute approximate surface area is 238 Å². The van der Waals surface area contributed by atoms with E-state index in [0.29, 0.717) is 63.8 Å². The number of halogens is 3. The topological polar surface area (TPSA) is 62.6 Å². The molecule has 218 valence electrons. The van der Waals surface area contributed by atoms with E-state index in [1.807, 2.05) is 39.8 Å². The van der Waals surface area contributed by atoms with Crippen molar-refractivity contribution in [2.24, 2.45) is 11.8 Å². The van der Waals surface area contributed by atoms with E-state index in [1.165, 1.54) is 0 Å². The molecule has 41 heavy (non-hydrogen) atoms. The van der Waals surface area contributed by atoms with Crippen molar-refractivity contribution in [3.63, 3.8) is 0 Å². The third kappa shape index (κ3) is 5.99. The van der Waals surface area contributed by atoms with Crippen molar-refractivity contribution >= 4 is 6.03 Å². The Kier molecular flexibility index (Phi) is 8.30. The molecule has 7 nitrogen and oxygen atoms in total. The summed E-state index contributed by atoms with van der Waals surface area (Å²) in [5, 5.41) is 3.12. The molecule has 0 bridgehead atoms. The molecule has 0 aliphatic carbocycles. The molecule has 3 atom stereocenters. The van der Waals surface area contributed by atoms with E-state index in [1.54, 1.807) is 11.1 Å². The number of hydrogen-bond acceptors (Lipinski definition) is 4. The molecule has 1 aromatic heterocycles. The minimum Gasteiger partial charge on any atom is -0.381 e. The first-order valence-electron chi connectivity index (χ1n) is 14.5. The van der Waals surface area contributed by atoms with Crippen LogP contribution in [0.4, 0.5) is 18.0 Å². The maximum atomic E-state index is 15.0. The van der Waals surface area contributed by atoms with Gasteiger partial charge in [0.1, 0.15) is 23.6 Å². The van der Waals surface area contributed by atoms with Crippen molar-refractivity contribution < 1.29 is 22.7 Å². The lowest BCUT2D eigenvalue weighted by Crippen LogP contribution is -2.54. The van der Waals surface area contributed by atoms with Crippen LogP contribution in [0.3, 0.4) is 0 Å². The SMILES string of the molecule is O=C(N1CCC1)N(CC1CNCC1F)[C@@H](c1nc(-c2cc(F)ccc2F)cn1Cc1ccccc1)C1CCOCC1. The van der Waals surface area contributed by atoms with Crippen LogP contribution in [0.5, 0.6) is 0 Å². The second-order valence-electron chi connectivity index (χ2n) is 11.3. The summed E-state index contributed by atoms with van der Waals surface area (Å²) in [6, 6.07) is 12.5. The van der Waals surface area contributed by atoms with Gasteiger partial charge in [-0.1, -0.05) is 30.3 Å². The largest absolute Gasteiger partial charge is 0.381 e. The normalized spacial score (nSPS) is 22.0. The number of carbonyl (C=O) groups is 1. The third-order valence-electron chi connectivity index (χ3n) is 8.58. The first-order chi connectivity index (χ1) is 20.0. The number of hydrogen-bond donors (Lipinski definition) is 1. The Morgan fingerprint density at radius 3 is 2.56 bits per heavy atom. The van der Waals surface area contributed by atoms with Gasteiger partial charge in [0.2, 0.25) is 0 Å². The van der Waals surface area contributed by atoms with Gasteiger partial charge in [-0.05, 0) is 48.9 Å². The van der Waals surface area contributed by atoms with Gasteiger partial charge in [-0.15, -0.1) is 0 Å². The third-order valence-corrected chi connectivity index (χ3v) is 8.58. The zero-order valence-electron chi connectivity index (χ0n) is 23.0. The van der Waals surface area contributed by atoms with Gasteiger partial charge in [0.05, 0.1) is 11.7 Å². The van der Waals surface area contributed by atoms with E-state index in [0.717, 1.165) is 30.2 Å². The van der Waals surface area contributed by atoms with Crippen LogP contribution in [-0.4, -0.2) is 77.5 Å². The molecule has 3 aromatic rings. The quantitative estimate of drug-likeness (QED) is 0.415. The summed E-state index contributed by atoms with van der Waals surface area (Å²) in [6.07, 6.45) is 3.03. The maximum Gasteiger partial charge on any atom is 0.320 e. The molecular formula is C31H36F3N5O2. The van der Waals surface area contributed by atoms with Crippen LogP contribution in [0.25, 0.3) is 11.3 Å². The number of urea groups is 1. The minimum atomic E-state index is -1.06. The Morgan fingerprint density at radius 1 is 1.10 bits per heavy atom. The molecule has 0 saturated carbocycles. The lowest BCUT2D eigenvalue weighted by Gasteiger charge is -2.44. The molecule has 2 amide bonds. The number of nitrogens with zero attached hydrogens (tertiary/aromatic N) is 4. The van der Waals surface area contributed by atoms with E-state index in [2.05, 4.69) is 5.32 Å². The van der Waals surface area contributed by atoms with Gasteiger partial charge in [0.25, 0.3) is 0 Å². The van der Waals surface area contributed by atoms with Crippen LogP contribution in [0.2, 0.25) is 0 Å². The number of imidazole rings is 1. The fourth-order valence-corrected chi connectivity index (χ4v) is 6.17. The number of benzene rings is 2. The van der Waals surface area contributed by atoms with Crippen molar-refractivity contribution in [3.8, 4) is 11.3 Å². The van der Waals surface area contributed by atoms with E-state index in [4.69, 9.17) is 9.72 Å². The van der Waals surface area contributed by atoms with Gasteiger partial charge in [-0.25, -0.2) is 22.9 Å². The number of likely N-dealkylation sites (tertiary alicyclic amines) is 1. The summed E-state index contributed by atoms with van der Waals surface area (Å²) in [7, 11) is 0. The molecule has 3 fully saturated rings. The smallest absolute Gasteiger partial charge is 0.320 e. The molecule has 3 aliphatic heterocycles. The first kappa shape index (κ1) is 27.8. The fraction of sp³-hybridized carbons (Fsp3) is 0.484. The zero-order valence-corrected chi connectivity index (χ0v) is 23.0. The average Bonchev–Trinajstić information content (AvgIpc) is 3.55. The average molecular weight is 568 g/mol. The van der Waals surface area contributed by atoms with Crippen molar-refractivity contribution in [2.45, 2.75) is 38.0 Å². The number of ether oxygens (including phenoxy) is 1. The van der Waals surface area contributed by atoms with Gasteiger partial charge >= 0.3 is 6.03 Å². The summed E-state index contributed by atoms with van der Waals surface area (Å²) in [4.78, 5) is 22.6. The molecule has 10 heteroatoms. The van der Waals surface area contributed by atoms with Gasteiger partial charge in [0, 0.05) is 70.2 Å². The summed E-state index contributed by atoms with van der Waals surface area (Å²) in [6.45, 7) is 3.86. The van der Waals surface area contributed by atoms with E-state index < -0.39 is 23.8 Å². The predicted octanol–water partition coefficient (Wildman–Crippen LogP) is 5.03. The second kappa shape index (κ2) is 12.2. The van der Waals surface area contributed by atoms with Crippen LogP contribution < -0.4 is 5.32 Å². The van der Waals surface area contributed by atoms with E-state index >= 15 is 0 Å². The lowest BCUT2D eigenvalue weighted by atomic mass is 9.89. The summed E-state index contributed by atoms with van der Waals surface area (Å²) < 4.78 is 51.8. The van der Waals surface area contributed by atoms with Crippen LogP contribution in [0.1, 0.15) is 36.7 Å². The number of aromatic nitrogens is 2. The number of rotatable bonds is 8. The van der Waals surface area contributed by atoms with Gasteiger partial charge < -0.3 is 24.4 Å². The number of amides is 2. The molecule has 2 unspecified atom stereocenters. The highest BCUT2D eigenvalue weighted by atomic mass is 19.1.